The lowest BCUT2D eigenvalue weighted by molar-refractivity contribution is 0.0959. The maximum atomic E-state index is 12.2. The molecule has 0 fully saturated rings. The van der Waals surface area contributed by atoms with Crippen molar-refractivity contribution >= 4 is 32.7 Å². The number of carbonyl (C=O) groups is 1. The third-order valence-corrected chi connectivity index (χ3v) is 5.07. The minimum atomic E-state index is -3.68. The first-order valence-corrected chi connectivity index (χ1v) is 9.35. The highest BCUT2D eigenvalue weighted by molar-refractivity contribution is 7.90. The van der Waals surface area contributed by atoms with Crippen LogP contribution in [0.1, 0.15) is 41.6 Å². The number of furan rings is 1. The molecule has 3 heterocycles. The molecule has 0 aromatic carbocycles. The largest absolute Gasteiger partial charge is 0.425 e. The van der Waals surface area contributed by atoms with Crippen LogP contribution in [0.4, 0.5) is 5.82 Å². The third kappa shape index (κ3) is 2.67. The van der Waals surface area contributed by atoms with Crippen LogP contribution in [0, 0.1) is 0 Å². The zero-order valence-electron chi connectivity index (χ0n) is 13.3. The Morgan fingerprint density at radius 3 is 2.87 bits per heavy atom. The molecule has 7 nitrogen and oxygen atoms in total. The van der Waals surface area contributed by atoms with E-state index in [1.807, 2.05) is 6.07 Å². The summed E-state index contributed by atoms with van der Waals surface area (Å²) in [5.74, 6) is 0.464. The highest BCUT2D eigenvalue weighted by Gasteiger charge is 2.29. The normalized spacial score (nSPS) is 18.1. The van der Waals surface area contributed by atoms with Crippen LogP contribution in [-0.4, -0.2) is 39.2 Å². The second kappa shape index (κ2) is 5.52. The SMILES string of the molecule is CNC(=O)c1c(S(C)(=O)=O)oc2nc3c(cc12)C(C)CCCN3. The first-order valence-electron chi connectivity index (χ1n) is 7.46. The van der Waals surface area contributed by atoms with Gasteiger partial charge in [0.05, 0.1) is 5.39 Å². The quantitative estimate of drug-likeness (QED) is 0.868. The van der Waals surface area contributed by atoms with E-state index < -0.39 is 15.7 Å². The molecular weight excluding hydrogens is 318 g/mol. The predicted octanol–water partition coefficient (Wildman–Crippen LogP) is 1.90. The summed E-state index contributed by atoms with van der Waals surface area (Å²) in [6.07, 6.45) is 3.04. The van der Waals surface area contributed by atoms with Gasteiger partial charge in [0, 0.05) is 19.8 Å². The first kappa shape index (κ1) is 15.8. The van der Waals surface area contributed by atoms with E-state index >= 15 is 0 Å². The van der Waals surface area contributed by atoms with Gasteiger partial charge in [-0.2, -0.15) is 4.98 Å². The number of nitrogens with one attached hydrogen (secondary N) is 2. The minimum Gasteiger partial charge on any atom is -0.425 e. The molecular formula is C15H19N3O4S. The number of fused-ring (bicyclic) bond motifs is 2. The molecule has 0 aliphatic carbocycles. The van der Waals surface area contributed by atoms with Crippen molar-refractivity contribution in [2.45, 2.75) is 30.8 Å². The number of rotatable bonds is 2. The summed E-state index contributed by atoms with van der Waals surface area (Å²) in [5.41, 5.74) is 1.15. The molecule has 8 heteroatoms. The molecule has 1 aliphatic heterocycles. The topological polar surface area (TPSA) is 101 Å². The molecule has 2 aromatic rings. The molecule has 0 spiro atoms. The Hall–Kier alpha value is -2.09. The summed E-state index contributed by atoms with van der Waals surface area (Å²) in [4.78, 5) is 16.6. The molecule has 23 heavy (non-hydrogen) atoms. The van der Waals surface area contributed by atoms with E-state index in [4.69, 9.17) is 4.42 Å². The highest BCUT2D eigenvalue weighted by atomic mass is 32.2. The third-order valence-electron chi connectivity index (χ3n) is 4.11. The molecule has 124 valence electrons. The number of carbonyl (C=O) groups excluding carboxylic acids is 1. The molecule has 0 saturated heterocycles. The first-order chi connectivity index (χ1) is 10.8. The van der Waals surface area contributed by atoms with Gasteiger partial charge in [0.2, 0.25) is 20.6 Å². The van der Waals surface area contributed by atoms with Crippen molar-refractivity contribution in [2.24, 2.45) is 0 Å². The summed E-state index contributed by atoms with van der Waals surface area (Å²) in [6.45, 7) is 2.90. The number of amides is 1. The molecule has 0 bridgehead atoms. The lowest BCUT2D eigenvalue weighted by Crippen LogP contribution is -2.19. The smallest absolute Gasteiger partial charge is 0.256 e. The lowest BCUT2D eigenvalue weighted by Gasteiger charge is -2.11. The van der Waals surface area contributed by atoms with Gasteiger partial charge in [-0.05, 0) is 30.4 Å². The van der Waals surface area contributed by atoms with Gasteiger partial charge < -0.3 is 15.1 Å². The second-order valence-electron chi connectivity index (χ2n) is 5.86. The van der Waals surface area contributed by atoms with Gasteiger partial charge >= 0.3 is 0 Å². The standard InChI is InChI=1S/C15H19N3O4S/c1-8-5-4-6-17-12-9(8)7-10-11(13(19)16-2)15(23(3,20)21)22-14(10)18-12/h7-8H,4-6H2,1-3H3,(H,16,19)(H,17,18). The highest BCUT2D eigenvalue weighted by Crippen LogP contribution is 2.36. The fourth-order valence-corrected chi connectivity index (χ4v) is 3.71. The fraction of sp³-hybridized carbons (Fsp3) is 0.467. The average Bonchev–Trinajstić information content (AvgIpc) is 2.78. The van der Waals surface area contributed by atoms with Gasteiger partial charge in [0.25, 0.3) is 5.91 Å². The van der Waals surface area contributed by atoms with Crippen molar-refractivity contribution in [1.82, 2.24) is 10.3 Å². The molecule has 0 radical (unpaired) electrons. The van der Waals surface area contributed by atoms with E-state index in [1.54, 1.807) is 0 Å². The fourth-order valence-electron chi connectivity index (χ4n) is 2.91. The van der Waals surface area contributed by atoms with E-state index in [2.05, 4.69) is 22.5 Å². The van der Waals surface area contributed by atoms with E-state index in [-0.39, 0.29) is 22.3 Å². The molecule has 2 aromatic heterocycles. The monoisotopic (exact) mass is 337 g/mol. The summed E-state index contributed by atoms with van der Waals surface area (Å²) in [5, 5.41) is 5.80. The van der Waals surface area contributed by atoms with Crippen LogP contribution < -0.4 is 10.6 Å². The minimum absolute atomic E-state index is 0.0248. The lowest BCUT2D eigenvalue weighted by atomic mass is 9.97. The Kier molecular flexibility index (Phi) is 3.79. The van der Waals surface area contributed by atoms with Crippen LogP contribution in [0.3, 0.4) is 0 Å². The van der Waals surface area contributed by atoms with E-state index in [9.17, 15) is 13.2 Å². The van der Waals surface area contributed by atoms with Crippen LogP contribution in [-0.2, 0) is 9.84 Å². The Balaban J connectivity index is 2.35. The number of sulfone groups is 1. The van der Waals surface area contributed by atoms with Crippen LogP contribution in [0.25, 0.3) is 11.1 Å². The van der Waals surface area contributed by atoms with Crippen molar-refractivity contribution in [3.63, 3.8) is 0 Å². The van der Waals surface area contributed by atoms with Gasteiger partial charge in [0.1, 0.15) is 11.4 Å². The molecule has 1 unspecified atom stereocenters. The van der Waals surface area contributed by atoms with E-state index in [1.165, 1.54) is 7.05 Å². The van der Waals surface area contributed by atoms with Crippen molar-refractivity contribution in [3.05, 3.63) is 17.2 Å². The van der Waals surface area contributed by atoms with Crippen molar-refractivity contribution in [3.8, 4) is 0 Å². The van der Waals surface area contributed by atoms with Crippen molar-refractivity contribution in [1.29, 1.82) is 0 Å². The van der Waals surface area contributed by atoms with Crippen LogP contribution in [0.2, 0.25) is 0 Å². The maximum Gasteiger partial charge on any atom is 0.256 e. The Morgan fingerprint density at radius 1 is 1.48 bits per heavy atom. The number of hydrogen-bond acceptors (Lipinski definition) is 6. The van der Waals surface area contributed by atoms with Gasteiger partial charge in [-0.15, -0.1) is 0 Å². The van der Waals surface area contributed by atoms with Gasteiger partial charge in [-0.3, -0.25) is 4.79 Å². The average molecular weight is 337 g/mol. The summed E-state index contributed by atoms with van der Waals surface area (Å²) in [7, 11) is -2.23. The number of anilines is 1. The number of aromatic nitrogens is 1. The zero-order valence-corrected chi connectivity index (χ0v) is 14.1. The molecule has 0 saturated carbocycles. The molecule has 1 aliphatic rings. The number of pyridine rings is 1. The summed E-state index contributed by atoms with van der Waals surface area (Å²) in [6, 6.07) is 1.82. The Morgan fingerprint density at radius 2 is 2.22 bits per heavy atom. The Labute approximate surface area is 134 Å². The molecule has 3 rings (SSSR count). The summed E-state index contributed by atoms with van der Waals surface area (Å²) >= 11 is 0. The second-order valence-corrected chi connectivity index (χ2v) is 7.78. The number of nitrogens with zero attached hydrogens (tertiary/aromatic N) is 1. The van der Waals surface area contributed by atoms with Crippen LogP contribution >= 0.6 is 0 Å². The van der Waals surface area contributed by atoms with E-state index in [0.717, 1.165) is 31.2 Å². The van der Waals surface area contributed by atoms with Gasteiger partial charge in [-0.1, -0.05) is 6.92 Å². The molecule has 1 amide bonds. The Bertz CT molecular complexity index is 886. The summed E-state index contributed by atoms with van der Waals surface area (Å²) < 4.78 is 29.4. The van der Waals surface area contributed by atoms with Crippen molar-refractivity contribution < 1.29 is 17.6 Å². The van der Waals surface area contributed by atoms with Crippen molar-refractivity contribution in [2.75, 3.05) is 25.2 Å². The number of hydrogen-bond donors (Lipinski definition) is 2. The van der Waals surface area contributed by atoms with Crippen LogP contribution in [0.5, 0.6) is 0 Å². The van der Waals surface area contributed by atoms with Gasteiger partial charge in [-0.25, -0.2) is 8.42 Å². The maximum absolute atomic E-state index is 12.2. The molecule has 1 atom stereocenters. The zero-order chi connectivity index (χ0) is 16.8. The van der Waals surface area contributed by atoms with Gasteiger partial charge in [0.15, 0.2) is 0 Å². The predicted molar refractivity (Wildman–Crippen MR) is 86.6 cm³/mol. The molecule has 2 N–H and O–H groups in total. The van der Waals surface area contributed by atoms with Crippen LogP contribution in [0.15, 0.2) is 15.6 Å². The van der Waals surface area contributed by atoms with E-state index in [0.29, 0.717) is 11.2 Å².